The highest BCUT2D eigenvalue weighted by molar-refractivity contribution is 8.00. The largest absolute Gasteiger partial charge is 0.507 e. The van der Waals surface area contributed by atoms with Crippen LogP contribution in [0.4, 0.5) is 0 Å². The predicted octanol–water partition coefficient (Wildman–Crippen LogP) is 5.30. The summed E-state index contributed by atoms with van der Waals surface area (Å²) in [5, 5.41) is 12.7. The summed E-state index contributed by atoms with van der Waals surface area (Å²) in [6, 6.07) is 9.00. The van der Waals surface area contributed by atoms with Crippen LogP contribution < -0.4 is 5.19 Å². The summed E-state index contributed by atoms with van der Waals surface area (Å²) in [7, 11) is 0.827. The summed E-state index contributed by atoms with van der Waals surface area (Å²) >= 11 is 1.93. The lowest BCUT2D eigenvalue weighted by molar-refractivity contribution is 0.465. The first-order valence-corrected chi connectivity index (χ1v) is 11.5. The molecule has 0 aliphatic rings. The first-order valence-electron chi connectivity index (χ1n) is 9.26. The van der Waals surface area contributed by atoms with Crippen molar-refractivity contribution in [3.05, 3.63) is 52.1 Å². The molecule has 0 aliphatic heterocycles. The minimum absolute atomic E-state index is 0.446. The summed E-state index contributed by atoms with van der Waals surface area (Å²) in [6.45, 7) is 10.7. The molecule has 0 amide bonds. The molecule has 2 aromatic carbocycles. The van der Waals surface area contributed by atoms with Crippen LogP contribution in [-0.2, 0) is 12.8 Å². The first kappa shape index (κ1) is 20.1. The Morgan fingerprint density at radius 3 is 2.40 bits per heavy atom. The molecule has 1 nitrogen and oxygen atoms in total. The number of phenolic OH excluding ortho intramolecular Hbond substituents is 1. The van der Waals surface area contributed by atoms with Crippen molar-refractivity contribution in [2.75, 3.05) is 5.38 Å². The van der Waals surface area contributed by atoms with Crippen LogP contribution in [0.2, 0.25) is 0 Å². The normalized spacial score (nSPS) is 11.1. The number of aromatic hydroxyl groups is 1. The van der Waals surface area contributed by atoms with Crippen LogP contribution >= 0.6 is 11.8 Å². The molecular formula is C22H30OSSi. The average molecular weight is 371 g/mol. The average Bonchev–Trinajstić information content (AvgIpc) is 2.60. The third-order valence-corrected chi connectivity index (χ3v) is 7.53. The fourth-order valence-corrected chi connectivity index (χ4v) is 6.10. The van der Waals surface area contributed by atoms with Gasteiger partial charge in [-0.15, -0.1) is 11.8 Å². The molecule has 0 atom stereocenters. The van der Waals surface area contributed by atoms with Gasteiger partial charge in [-0.25, -0.2) is 0 Å². The molecule has 0 unspecified atom stereocenters. The number of hydrogen-bond acceptors (Lipinski definition) is 2. The van der Waals surface area contributed by atoms with Gasteiger partial charge >= 0.3 is 0 Å². The maximum atomic E-state index is 10.1. The highest BCUT2D eigenvalue weighted by Gasteiger charge is 2.11. The van der Waals surface area contributed by atoms with E-state index in [1.807, 2.05) is 25.6 Å². The van der Waals surface area contributed by atoms with E-state index in [2.05, 4.69) is 45.0 Å². The van der Waals surface area contributed by atoms with Crippen LogP contribution in [0.3, 0.4) is 0 Å². The first-order chi connectivity index (χ1) is 12.0. The van der Waals surface area contributed by atoms with Gasteiger partial charge in [0.05, 0.1) is 9.52 Å². The molecule has 0 saturated heterocycles. The Morgan fingerprint density at radius 2 is 1.72 bits per heavy atom. The zero-order chi connectivity index (χ0) is 18.4. The Hall–Kier alpha value is -1.19. The van der Waals surface area contributed by atoms with E-state index in [-0.39, 0.29) is 0 Å². The fourth-order valence-electron chi connectivity index (χ4n) is 3.22. The minimum atomic E-state index is 0.446. The van der Waals surface area contributed by atoms with Gasteiger partial charge in [0.1, 0.15) is 5.75 Å². The van der Waals surface area contributed by atoms with Gasteiger partial charge in [-0.3, -0.25) is 0 Å². The van der Waals surface area contributed by atoms with Crippen molar-refractivity contribution in [3.8, 4) is 5.75 Å². The van der Waals surface area contributed by atoms with Crippen LogP contribution in [0, 0.1) is 20.8 Å². The molecule has 0 saturated carbocycles. The van der Waals surface area contributed by atoms with E-state index in [1.54, 1.807) is 16.3 Å². The van der Waals surface area contributed by atoms with Crippen molar-refractivity contribution >= 4 is 26.5 Å². The van der Waals surface area contributed by atoms with Crippen LogP contribution in [-0.4, -0.2) is 20.0 Å². The lowest BCUT2D eigenvalue weighted by atomic mass is 10.00. The van der Waals surface area contributed by atoms with Crippen molar-refractivity contribution in [3.63, 3.8) is 0 Å². The molecule has 1 N–H and O–H groups in total. The molecule has 2 rings (SSSR count). The smallest absolute Gasteiger partial charge is 0.121 e. The topological polar surface area (TPSA) is 20.2 Å². The van der Waals surface area contributed by atoms with E-state index in [1.165, 1.54) is 36.1 Å². The second kappa shape index (κ2) is 9.49. The van der Waals surface area contributed by atoms with Gasteiger partial charge in [-0.2, -0.15) is 0 Å². The number of phenols is 1. The Morgan fingerprint density at radius 1 is 1.00 bits per heavy atom. The molecule has 0 bridgehead atoms. The third-order valence-electron chi connectivity index (χ3n) is 4.79. The highest BCUT2D eigenvalue weighted by Crippen LogP contribution is 2.32. The van der Waals surface area contributed by atoms with Crippen LogP contribution in [0.25, 0.3) is 0 Å². The molecule has 0 fully saturated rings. The van der Waals surface area contributed by atoms with Crippen molar-refractivity contribution in [1.29, 1.82) is 0 Å². The van der Waals surface area contributed by atoms with Gasteiger partial charge in [0.15, 0.2) is 0 Å². The standard InChI is InChI=1S/C22H30OSSi/c1-6-9-18-11-8-12-21(19(18)10-7-2)25-14-24-20-13-15(3)22(23)17(5)16(20)4/h8,11-13,23H,6-7,9-10,14H2,1-5H3. The molecule has 3 heteroatoms. The zero-order valence-corrected chi connectivity index (χ0v) is 18.0. The second-order valence-electron chi connectivity index (χ2n) is 6.70. The number of rotatable bonds is 8. The maximum Gasteiger partial charge on any atom is 0.121 e. The van der Waals surface area contributed by atoms with E-state index >= 15 is 0 Å². The Bertz CT molecular complexity index is 724. The molecule has 2 radical (unpaired) electrons. The van der Waals surface area contributed by atoms with Crippen molar-refractivity contribution in [1.82, 2.24) is 0 Å². The van der Waals surface area contributed by atoms with E-state index in [4.69, 9.17) is 0 Å². The van der Waals surface area contributed by atoms with Crippen molar-refractivity contribution in [2.24, 2.45) is 0 Å². The molecule has 25 heavy (non-hydrogen) atoms. The molecule has 0 spiro atoms. The van der Waals surface area contributed by atoms with Gasteiger partial charge in [0, 0.05) is 4.90 Å². The number of thioether (sulfide) groups is 1. The van der Waals surface area contributed by atoms with Gasteiger partial charge in [0.2, 0.25) is 0 Å². The van der Waals surface area contributed by atoms with Crippen LogP contribution in [0.1, 0.15) is 54.5 Å². The lowest BCUT2D eigenvalue weighted by Crippen LogP contribution is -2.23. The Labute approximate surface area is 160 Å². The molecular weight excluding hydrogens is 340 g/mol. The summed E-state index contributed by atoms with van der Waals surface area (Å²) in [5.41, 5.74) is 6.35. The number of aryl methyl sites for hydroxylation is 2. The highest BCUT2D eigenvalue weighted by atomic mass is 32.2. The van der Waals surface area contributed by atoms with E-state index in [9.17, 15) is 5.11 Å². The predicted molar refractivity (Wildman–Crippen MR) is 113 cm³/mol. The van der Waals surface area contributed by atoms with Gasteiger partial charge in [-0.1, -0.05) is 50.1 Å². The van der Waals surface area contributed by atoms with Crippen molar-refractivity contribution in [2.45, 2.75) is 65.2 Å². The summed E-state index contributed by atoms with van der Waals surface area (Å²) < 4.78 is 0. The summed E-state index contributed by atoms with van der Waals surface area (Å²) in [5.74, 6) is 0.446. The molecule has 0 heterocycles. The molecule has 2 aromatic rings. The van der Waals surface area contributed by atoms with Crippen molar-refractivity contribution < 1.29 is 5.11 Å². The molecule has 134 valence electrons. The van der Waals surface area contributed by atoms with E-state index in [0.29, 0.717) is 5.75 Å². The van der Waals surface area contributed by atoms with Gasteiger partial charge < -0.3 is 5.11 Å². The van der Waals surface area contributed by atoms with Gasteiger partial charge in [-0.05, 0) is 72.9 Å². The molecule has 0 aliphatic carbocycles. The van der Waals surface area contributed by atoms with E-state index in [0.717, 1.165) is 26.0 Å². The fraction of sp³-hybridized carbons (Fsp3) is 0.455. The van der Waals surface area contributed by atoms with E-state index < -0.39 is 0 Å². The lowest BCUT2D eigenvalue weighted by Gasteiger charge is -2.15. The van der Waals surface area contributed by atoms with Gasteiger partial charge in [0.25, 0.3) is 0 Å². The number of benzene rings is 2. The summed E-state index contributed by atoms with van der Waals surface area (Å²) in [6.07, 6.45) is 4.81. The summed E-state index contributed by atoms with van der Waals surface area (Å²) in [4.78, 5) is 1.31. The second-order valence-corrected chi connectivity index (χ2v) is 9.47. The van der Waals surface area contributed by atoms with Crippen LogP contribution in [0.15, 0.2) is 29.2 Å². The minimum Gasteiger partial charge on any atom is -0.507 e. The third kappa shape index (κ3) is 4.92. The molecule has 0 aromatic heterocycles. The Kier molecular flexibility index (Phi) is 7.64. The SMILES string of the molecule is CCCc1cccc([Si]CSc2cc(C)c(O)c(C)c2C)c1CCC. The van der Waals surface area contributed by atoms with Crippen LogP contribution in [0.5, 0.6) is 5.75 Å². The quantitative estimate of drug-likeness (QED) is 0.502. The maximum absolute atomic E-state index is 10.1. The number of hydrogen-bond donors (Lipinski definition) is 1. The zero-order valence-electron chi connectivity index (χ0n) is 16.2. The Balaban J connectivity index is 2.13. The monoisotopic (exact) mass is 370 g/mol.